The molecule has 0 unspecified atom stereocenters. The van der Waals surface area contributed by atoms with Crippen molar-refractivity contribution in [1.82, 2.24) is 4.90 Å². The molecule has 0 aromatic carbocycles. The minimum atomic E-state index is -0.369. The number of aliphatic hydroxyl groups is 1. The van der Waals surface area contributed by atoms with Crippen molar-refractivity contribution in [3.63, 3.8) is 0 Å². The molecule has 78 valence electrons. The predicted molar refractivity (Wildman–Crippen MR) is 53.1 cm³/mol. The Hall–Kier alpha value is -0.570. The van der Waals surface area contributed by atoms with Gasteiger partial charge in [0.05, 0.1) is 0 Å². The molecule has 0 saturated carbocycles. The van der Waals surface area contributed by atoms with Gasteiger partial charge in [0, 0.05) is 12.5 Å². The summed E-state index contributed by atoms with van der Waals surface area (Å²) in [6.45, 7) is 7.81. The number of nitrogens with zero attached hydrogens (tertiary/aromatic N) is 1. The smallest absolute Gasteiger partial charge is 0.229 e. The van der Waals surface area contributed by atoms with Crippen LogP contribution in [0.2, 0.25) is 0 Å². The van der Waals surface area contributed by atoms with Crippen molar-refractivity contribution in [2.75, 3.05) is 13.8 Å². The minimum absolute atomic E-state index is 0.00343. The molecule has 0 fully saturated rings. The second-order valence-electron chi connectivity index (χ2n) is 4.63. The lowest BCUT2D eigenvalue weighted by atomic mass is 9.83. The molecule has 3 heteroatoms. The van der Waals surface area contributed by atoms with E-state index < -0.39 is 0 Å². The lowest BCUT2D eigenvalue weighted by Gasteiger charge is -2.29. The zero-order chi connectivity index (χ0) is 10.6. The van der Waals surface area contributed by atoms with E-state index in [1.165, 1.54) is 4.90 Å². The third-order valence-corrected chi connectivity index (χ3v) is 2.06. The number of rotatable bonds is 4. The maximum Gasteiger partial charge on any atom is 0.229 e. The van der Waals surface area contributed by atoms with E-state index in [2.05, 4.69) is 13.8 Å². The van der Waals surface area contributed by atoms with Crippen molar-refractivity contribution >= 4 is 5.91 Å². The van der Waals surface area contributed by atoms with Gasteiger partial charge in [0.15, 0.2) is 0 Å². The van der Waals surface area contributed by atoms with Gasteiger partial charge in [-0.15, -0.1) is 0 Å². The maximum absolute atomic E-state index is 11.7. The van der Waals surface area contributed by atoms with Crippen LogP contribution < -0.4 is 0 Å². The first-order chi connectivity index (χ1) is 5.81. The summed E-state index contributed by atoms with van der Waals surface area (Å²) in [5, 5.41) is 8.81. The van der Waals surface area contributed by atoms with Crippen molar-refractivity contribution < 1.29 is 9.90 Å². The third-order valence-electron chi connectivity index (χ3n) is 2.06. The Morgan fingerprint density at radius 3 is 2.23 bits per heavy atom. The lowest BCUT2D eigenvalue weighted by Crippen LogP contribution is -2.39. The molecule has 1 N–H and O–H groups in total. The molecule has 0 atom stereocenters. The molecule has 0 aromatic heterocycles. The molecule has 0 bridgehead atoms. The fraction of sp³-hybridized carbons (Fsp3) is 0.900. The second-order valence-corrected chi connectivity index (χ2v) is 4.63. The highest BCUT2D eigenvalue weighted by Crippen LogP contribution is 2.27. The van der Waals surface area contributed by atoms with Gasteiger partial charge >= 0.3 is 0 Å². The first-order valence-corrected chi connectivity index (χ1v) is 4.67. The van der Waals surface area contributed by atoms with Gasteiger partial charge < -0.3 is 10.0 Å². The van der Waals surface area contributed by atoms with Crippen LogP contribution in [0.1, 0.15) is 34.1 Å². The Bertz CT molecular complexity index is 176. The van der Waals surface area contributed by atoms with E-state index in [1.54, 1.807) is 7.05 Å². The Labute approximate surface area is 80.7 Å². The van der Waals surface area contributed by atoms with Crippen LogP contribution >= 0.6 is 0 Å². The highest BCUT2D eigenvalue weighted by Gasteiger charge is 2.30. The summed E-state index contributed by atoms with van der Waals surface area (Å²) >= 11 is 0. The third kappa shape index (κ3) is 3.77. The van der Waals surface area contributed by atoms with E-state index >= 15 is 0 Å². The van der Waals surface area contributed by atoms with Gasteiger partial charge in [-0.3, -0.25) is 4.79 Å². The first-order valence-electron chi connectivity index (χ1n) is 4.67. The van der Waals surface area contributed by atoms with Gasteiger partial charge in [0.25, 0.3) is 0 Å². The Morgan fingerprint density at radius 1 is 1.46 bits per heavy atom. The topological polar surface area (TPSA) is 40.5 Å². The largest absolute Gasteiger partial charge is 0.376 e. The molecular weight excluding hydrogens is 166 g/mol. The van der Waals surface area contributed by atoms with Gasteiger partial charge in [-0.05, 0) is 12.3 Å². The SMILES string of the molecule is CC(C)CC(C)(C)C(=O)N(C)CO. The van der Waals surface area contributed by atoms with Crippen LogP contribution in [0, 0.1) is 11.3 Å². The predicted octanol–water partition coefficient (Wildman–Crippen LogP) is 1.47. The first kappa shape index (κ1) is 12.4. The fourth-order valence-corrected chi connectivity index (χ4v) is 1.69. The average molecular weight is 187 g/mol. The van der Waals surface area contributed by atoms with Crippen LogP contribution in [0.15, 0.2) is 0 Å². The fourth-order valence-electron chi connectivity index (χ4n) is 1.69. The molecular formula is C10H21NO2. The second kappa shape index (κ2) is 4.61. The molecule has 0 spiro atoms. The van der Waals surface area contributed by atoms with Gasteiger partial charge in [-0.2, -0.15) is 0 Å². The molecule has 0 aromatic rings. The van der Waals surface area contributed by atoms with E-state index in [0.29, 0.717) is 5.92 Å². The molecule has 1 amide bonds. The lowest BCUT2D eigenvalue weighted by molar-refractivity contribution is -0.143. The van der Waals surface area contributed by atoms with Crippen molar-refractivity contribution in [2.24, 2.45) is 11.3 Å². The highest BCUT2D eigenvalue weighted by molar-refractivity contribution is 5.81. The van der Waals surface area contributed by atoms with Crippen molar-refractivity contribution in [2.45, 2.75) is 34.1 Å². The zero-order valence-electron chi connectivity index (χ0n) is 9.29. The summed E-state index contributed by atoms with van der Waals surface area (Å²) in [6, 6.07) is 0. The van der Waals surface area contributed by atoms with Crippen LogP contribution in [-0.2, 0) is 4.79 Å². The summed E-state index contributed by atoms with van der Waals surface area (Å²) in [5.41, 5.74) is -0.369. The molecule has 0 aliphatic carbocycles. The summed E-state index contributed by atoms with van der Waals surface area (Å²) in [4.78, 5) is 13.0. The van der Waals surface area contributed by atoms with Crippen LogP contribution in [0.25, 0.3) is 0 Å². The number of aliphatic hydroxyl groups excluding tert-OH is 1. The van der Waals surface area contributed by atoms with Gasteiger partial charge in [-0.1, -0.05) is 27.7 Å². The number of carbonyl (C=O) groups excluding carboxylic acids is 1. The highest BCUT2D eigenvalue weighted by atomic mass is 16.3. The Kier molecular flexibility index (Phi) is 4.40. The molecule has 0 aliphatic heterocycles. The molecule has 3 nitrogen and oxygen atoms in total. The van der Waals surface area contributed by atoms with E-state index in [1.807, 2.05) is 13.8 Å². The van der Waals surface area contributed by atoms with E-state index in [0.717, 1.165) is 6.42 Å². The van der Waals surface area contributed by atoms with Crippen molar-refractivity contribution in [1.29, 1.82) is 0 Å². The number of hydrogen-bond acceptors (Lipinski definition) is 2. The normalized spacial score (nSPS) is 11.9. The molecule has 0 heterocycles. The van der Waals surface area contributed by atoms with Gasteiger partial charge in [0.2, 0.25) is 5.91 Å². The molecule has 0 rings (SSSR count). The summed E-state index contributed by atoms with van der Waals surface area (Å²) in [5.74, 6) is 0.495. The number of hydrogen-bond donors (Lipinski definition) is 1. The maximum atomic E-state index is 11.7. The van der Waals surface area contributed by atoms with Crippen LogP contribution in [0.5, 0.6) is 0 Å². The molecule has 0 aliphatic rings. The van der Waals surface area contributed by atoms with E-state index in [4.69, 9.17) is 5.11 Å². The van der Waals surface area contributed by atoms with Crippen LogP contribution in [0.3, 0.4) is 0 Å². The van der Waals surface area contributed by atoms with Crippen LogP contribution in [-0.4, -0.2) is 29.7 Å². The molecule has 0 saturated heterocycles. The Balaban J connectivity index is 4.35. The summed E-state index contributed by atoms with van der Waals surface area (Å²) in [7, 11) is 1.62. The summed E-state index contributed by atoms with van der Waals surface area (Å²) < 4.78 is 0. The number of amides is 1. The van der Waals surface area contributed by atoms with Gasteiger partial charge in [-0.25, -0.2) is 0 Å². The molecule has 13 heavy (non-hydrogen) atoms. The zero-order valence-corrected chi connectivity index (χ0v) is 9.29. The van der Waals surface area contributed by atoms with Crippen molar-refractivity contribution in [3.8, 4) is 0 Å². The number of carbonyl (C=O) groups is 1. The van der Waals surface area contributed by atoms with Crippen molar-refractivity contribution in [3.05, 3.63) is 0 Å². The quantitative estimate of drug-likeness (QED) is 0.677. The van der Waals surface area contributed by atoms with E-state index in [-0.39, 0.29) is 18.1 Å². The summed E-state index contributed by atoms with van der Waals surface area (Å²) in [6.07, 6.45) is 0.843. The standard InChI is InChI=1S/C10H21NO2/c1-8(2)6-10(3,4)9(13)11(5)7-12/h8,12H,6-7H2,1-5H3. The van der Waals surface area contributed by atoms with Crippen LogP contribution in [0.4, 0.5) is 0 Å². The monoisotopic (exact) mass is 187 g/mol. The van der Waals surface area contributed by atoms with E-state index in [9.17, 15) is 4.79 Å². The Morgan fingerprint density at radius 2 is 1.92 bits per heavy atom. The van der Waals surface area contributed by atoms with Gasteiger partial charge in [0.1, 0.15) is 6.73 Å². The minimum Gasteiger partial charge on any atom is -0.376 e. The molecule has 0 radical (unpaired) electrons. The average Bonchev–Trinajstić information content (AvgIpc) is 1.99.